The minimum absolute atomic E-state index is 1.17. The molecule has 2 aromatic rings. The van der Waals surface area contributed by atoms with Gasteiger partial charge in [0.05, 0.1) is 0 Å². The molecular formula is C20H21NS2. The Labute approximate surface area is 147 Å². The van der Waals surface area contributed by atoms with Crippen molar-refractivity contribution in [1.82, 2.24) is 4.90 Å². The highest BCUT2D eigenvalue weighted by Crippen LogP contribution is 2.48. The summed E-state index contributed by atoms with van der Waals surface area (Å²) in [5.74, 6) is 0. The van der Waals surface area contributed by atoms with Gasteiger partial charge in [-0.3, -0.25) is 0 Å². The summed E-state index contributed by atoms with van der Waals surface area (Å²) in [4.78, 5) is 6.60. The Hall–Kier alpha value is -1.16. The van der Waals surface area contributed by atoms with Crippen molar-refractivity contribution in [3.8, 4) is 0 Å². The Morgan fingerprint density at radius 3 is 2.48 bits per heavy atom. The maximum atomic E-state index is 2.44. The van der Waals surface area contributed by atoms with Crippen LogP contribution in [0.15, 0.2) is 62.7 Å². The average Bonchev–Trinajstić information content (AvgIpc) is 2.60. The van der Waals surface area contributed by atoms with E-state index in [2.05, 4.69) is 60.7 Å². The number of thioether (sulfide) groups is 1. The van der Waals surface area contributed by atoms with Crippen molar-refractivity contribution in [1.29, 1.82) is 0 Å². The molecule has 1 fully saturated rings. The lowest BCUT2D eigenvalue weighted by Crippen LogP contribution is -2.27. The summed E-state index contributed by atoms with van der Waals surface area (Å²) < 4.78 is 0. The predicted molar refractivity (Wildman–Crippen MR) is 102 cm³/mol. The number of hydrogen-bond donors (Lipinski definition) is 0. The van der Waals surface area contributed by atoms with Crippen LogP contribution in [0, 0.1) is 0 Å². The number of likely N-dealkylation sites (tertiary alicyclic amines) is 1. The summed E-state index contributed by atoms with van der Waals surface area (Å²) in [6, 6.07) is 15.9. The van der Waals surface area contributed by atoms with Crippen LogP contribution in [0.1, 0.15) is 24.0 Å². The largest absolute Gasteiger partial charge is 0.306 e. The van der Waals surface area contributed by atoms with Crippen LogP contribution in [-0.4, -0.2) is 31.3 Å². The van der Waals surface area contributed by atoms with Crippen molar-refractivity contribution in [3.63, 3.8) is 0 Å². The van der Waals surface area contributed by atoms with E-state index in [1.807, 2.05) is 23.5 Å². The molecule has 0 spiro atoms. The molecule has 1 nitrogen and oxygen atoms in total. The number of nitrogens with zero attached hydrogens (tertiary/aromatic N) is 1. The van der Waals surface area contributed by atoms with E-state index in [-0.39, 0.29) is 0 Å². The molecule has 0 radical (unpaired) electrons. The van der Waals surface area contributed by atoms with Gasteiger partial charge < -0.3 is 4.90 Å². The van der Waals surface area contributed by atoms with Crippen LogP contribution in [0.3, 0.4) is 0 Å². The van der Waals surface area contributed by atoms with Crippen LogP contribution in [0.25, 0.3) is 5.57 Å². The van der Waals surface area contributed by atoms with E-state index in [1.165, 1.54) is 57.3 Å². The molecular weight excluding hydrogens is 318 g/mol. The second kappa shape index (κ2) is 6.39. The van der Waals surface area contributed by atoms with E-state index in [9.17, 15) is 0 Å². The van der Waals surface area contributed by atoms with Gasteiger partial charge in [0, 0.05) is 27.8 Å². The maximum Gasteiger partial charge on any atom is 0.0202 e. The molecule has 2 aliphatic heterocycles. The highest BCUT2D eigenvalue weighted by molar-refractivity contribution is 7.99. The fraction of sp³-hybridized carbons (Fsp3) is 0.300. The van der Waals surface area contributed by atoms with E-state index in [4.69, 9.17) is 0 Å². The van der Waals surface area contributed by atoms with Crippen molar-refractivity contribution in [2.75, 3.05) is 26.4 Å². The highest BCUT2D eigenvalue weighted by Gasteiger charge is 2.25. The number of hydrogen-bond acceptors (Lipinski definition) is 3. The Morgan fingerprint density at radius 1 is 0.957 bits per heavy atom. The lowest BCUT2D eigenvalue weighted by molar-refractivity contribution is 0.313. The second-order valence-electron chi connectivity index (χ2n) is 6.24. The number of rotatable bonds is 1. The molecule has 0 aliphatic carbocycles. The zero-order chi connectivity index (χ0) is 15.8. The lowest BCUT2D eigenvalue weighted by atomic mass is 9.88. The highest BCUT2D eigenvalue weighted by atomic mass is 32.2. The van der Waals surface area contributed by atoms with Crippen molar-refractivity contribution < 1.29 is 0 Å². The quantitative estimate of drug-likeness (QED) is 0.546. The van der Waals surface area contributed by atoms with Gasteiger partial charge in [0.25, 0.3) is 0 Å². The van der Waals surface area contributed by atoms with Crippen molar-refractivity contribution in [2.24, 2.45) is 0 Å². The van der Waals surface area contributed by atoms with Gasteiger partial charge in [0.15, 0.2) is 0 Å². The van der Waals surface area contributed by atoms with Crippen LogP contribution < -0.4 is 0 Å². The van der Waals surface area contributed by atoms with Gasteiger partial charge >= 0.3 is 0 Å². The maximum absolute atomic E-state index is 2.44. The molecule has 0 aromatic heterocycles. The molecule has 2 aromatic carbocycles. The fourth-order valence-corrected chi connectivity index (χ4v) is 4.98. The normalized spacial score (nSPS) is 17.8. The van der Waals surface area contributed by atoms with E-state index in [0.29, 0.717) is 0 Å². The molecule has 0 saturated carbocycles. The van der Waals surface area contributed by atoms with Crippen LogP contribution in [0.5, 0.6) is 0 Å². The standard InChI is InChI=1S/C20H21NS2/c1-21-11-9-14(10-12-21)20-16-5-3-4-6-18(16)23-19-8-7-15(22-2)13-17(19)20/h3-8,13H,9-12H2,1-2H3. The van der Waals surface area contributed by atoms with Crippen molar-refractivity contribution in [2.45, 2.75) is 27.5 Å². The van der Waals surface area contributed by atoms with Gasteiger partial charge in [-0.15, -0.1) is 11.8 Å². The van der Waals surface area contributed by atoms with Gasteiger partial charge in [0.1, 0.15) is 0 Å². The first-order chi connectivity index (χ1) is 11.3. The van der Waals surface area contributed by atoms with Crippen LogP contribution in [0.2, 0.25) is 0 Å². The molecule has 4 rings (SSSR count). The summed E-state index contributed by atoms with van der Waals surface area (Å²) in [5.41, 5.74) is 6.02. The molecule has 0 atom stereocenters. The minimum atomic E-state index is 1.17. The summed E-state index contributed by atoms with van der Waals surface area (Å²) in [6.07, 6.45) is 4.54. The smallest absolute Gasteiger partial charge is 0.0202 e. The van der Waals surface area contributed by atoms with Gasteiger partial charge in [0.2, 0.25) is 0 Å². The number of fused-ring (bicyclic) bond motifs is 2. The zero-order valence-corrected chi connectivity index (χ0v) is 15.3. The van der Waals surface area contributed by atoms with Crippen molar-refractivity contribution >= 4 is 29.1 Å². The van der Waals surface area contributed by atoms with Gasteiger partial charge in [-0.1, -0.05) is 35.5 Å². The van der Waals surface area contributed by atoms with E-state index < -0.39 is 0 Å². The third kappa shape index (κ3) is 2.86. The third-order valence-corrected chi connectivity index (χ3v) is 6.65. The van der Waals surface area contributed by atoms with Crippen LogP contribution in [0.4, 0.5) is 0 Å². The Bertz CT molecular complexity index is 769. The number of benzene rings is 2. The molecule has 1 saturated heterocycles. The minimum Gasteiger partial charge on any atom is -0.306 e. The zero-order valence-electron chi connectivity index (χ0n) is 13.6. The first-order valence-corrected chi connectivity index (χ1v) is 10.2. The first kappa shape index (κ1) is 15.4. The molecule has 0 amide bonds. The Kier molecular flexibility index (Phi) is 4.27. The molecule has 0 bridgehead atoms. The molecule has 0 unspecified atom stereocenters. The summed E-state index contributed by atoms with van der Waals surface area (Å²) in [5, 5.41) is 0. The summed E-state index contributed by atoms with van der Waals surface area (Å²) in [6.45, 7) is 2.34. The number of piperidine rings is 1. The summed E-state index contributed by atoms with van der Waals surface area (Å²) in [7, 11) is 2.23. The van der Waals surface area contributed by atoms with E-state index in [1.54, 1.807) is 5.57 Å². The van der Waals surface area contributed by atoms with Crippen molar-refractivity contribution in [3.05, 3.63) is 59.2 Å². The van der Waals surface area contributed by atoms with E-state index in [0.717, 1.165) is 0 Å². The first-order valence-electron chi connectivity index (χ1n) is 8.12. The Morgan fingerprint density at radius 2 is 1.70 bits per heavy atom. The molecule has 23 heavy (non-hydrogen) atoms. The monoisotopic (exact) mass is 339 g/mol. The lowest BCUT2D eigenvalue weighted by Gasteiger charge is -2.30. The molecule has 3 heteroatoms. The molecule has 2 heterocycles. The Balaban J connectivity index is 1.91. The fourth-order valence-electron chi connectivity index (χ4n) is 3.47. The predicted octanol–water partition coefficient (Wildman–Crippen LogP) is 5.40. The second-order valence-corrected chi connectivity index (χ2v) is 8.21. The van der Waals surface area contributed by atoms with Gasteiger partial charge in [-0.25, -0.2) is 0 Å². The third-order valence-electron chi connectivity index (χ3n) is 4.78. The molecule has 2 aliphatic rings. The van der Waals surface area contributed by atoms with Crippen LogP contribution >= 0.6 is 23.5 Å². The SMILES string of the molecule is CSc1ccc2c(c1)C(=C1CCN(C)CC1)c1ccccc1S2. The molecule has 0 N–H and O–H groups in total. The van der Waals surface area contributed by atoms with Gasteiger partial charge in [-0.2, -0.15) is 0 Å². The van der Waals surface area contributed by atoms with E-state index >= 15 is 0 Å². The van der Waals surface area contributed by atoms with Crippen LogP contribution in [-0.2, 0) is 0 Å². The topological polar surface area (TPSA) is 3.24 Å². The van der Waals surface area contributed by atoms with Gasteiger partial charge in [-0.05, 0) is 67.1 Å². The average molecular weight is 340 g/mol. The molecule has 118 valence electrons. The summed E-state index contributed by atoms with van der Waals surface area (Å²) >= 11 is 3.75.